The molecule has 20 heavy (non-hydrogen) atoms. The largest absolute Gasteiger partial charge is 0.395 e. The second kappa shape index (κ2) is 6.75. The molecule has 1 aromatic carbocycles. The zero-order valence-electron chi connectivity index (χ0n) is 10.9. The van der Waals surface area contributed by atoms with Gasteiger partial charge in [-0.1, -0.05) is 6.07 Å². The summed E-state index contributed by atoms with van der Waals surface area (Å²) in [6.07, 6.45) is 0. The summed E-state index contributed by atoms with van der Waals surface area (Å²) in [5.74, 6) is 0. The minimum Gasteiger partial charge on any atom is -0.395 e. The minimum atomic E-state index is -4.00. The van der Waals surface area contributed by atoms with Crippen LogP contribution in [0.4, 0.5) is 5.69 Å². The van der Waals surface area contributed by atoms with E-state index in [9.17, 15) is 18.5 Å². The number of nitro groups is 1. The summed E-state index contributed by atoms with van der Waals surface area (Å²) >= 11 is 0. The summed E-state index contributed by atoms with van der Waals surface area (Å²) < 4.78 is 25.7. The van der Waals surface area contributed by atoms with Crippen LogP contribution >= 0.6 is 0 Å². The molecule has 2 N–H and O–H groups in total. The molecule has 0 unspecified atom stereocenters. The average molecular weight is 304 g/mol. The van der Waals surface area contributed by atoms with Crippen LogP contribution in [0.5, 0.6) is 0 Å². The van der Waals surface area contributed by atoms with Gasteiger partial charge in [-0.2, -0.15) is 4.31 Å². The molecule has 0 aliphatic heterocycles. The van der Waals surface area contributed by atoms with E-state index in [0.29, 0.717) is 0 Å². The second-order valence-electron chi connectivity index (χ2n) is 4.01. The molecule has 0 saturated heterocycles. The number of aliphatic hydroxyl groups is 2. The number of sulfonamides is 1. The van der Waals surface area contributed by atoms with Crippen LogP contribution in [0.1, 0.15) is 5.56 Å². The molecule has 0 saturated carbocycles. The molecule has 9 heteroatoms. The van der Waals surface area contributed by atoms with Gasteiger partial charge in [-0.05, 0) is 13.0 Å². The highest BCUT2D eigenvalue weighted by Crippen LogP contribution is 2.26. The summed E-state index contributed by atoms with van der Waals surface area (Å²) in [6.45, 7) is 0.150. The Morgan fingerprint density at radius 3 is 2.25 bits per heavy atom. The fraction of sp³-hybridized carbons (Fsp3) is 0.455. The molecule has 1 rings (SSSR count). The topological polar surface area (TPSA) is 121 Å². The molecule has 0 amide bonds. The third-order valence-corrected chi connectivity index (χ3v) is 4.81. The normalized spacial score (nSPS) is 11.8. The first kappa shape index (κ1) is 16.5. The van der Waals surface area contributed by atoms with Crippen LogP contribution in [0, 0.1) is 17.0 Å². The number of nitro benzene ring substituents is 1. The van der Waals surface area contributed by atoms with E-state index in [1.165, 1.54) is 25.1 Å². The second-order valence-corrected chi connectivity index (χ2v) is 5.92. The van der Waals surface area contributed by atoms with Gasteiger partial charge in [0.15, 0.2) is 0 Å². The number of nitrogens with zero attached hydrogens (tertiary/aromatic N) is 2. The van der Waals surface area contributed by atoms with E-state index in [-0.39, 0.29) is 29.2 Å². The molecular formula is C11H16N2O6S. The first-order chi connectivity index (χ1) is 9.36. The van der Waals surface area contributed by atoms with Gasteiger partial charge in [0.1, 0.15) is 0 Å². The van der Waals surface area contributed by atoms with Crippen molar-refractivity contribution < 1.29 is 23.6 Å². The van der Waals surface area contributed by atoms with E-state index in [1.807, 2.05) is 0 Å². The van der Waals surface area contributed by atoms with Crippen molar-refractivity contribution >= 4 is 15.7 Å². The highest BCUT2D eigenvalue weighted by atomic mass is 32.2. The molecule has 0 fully saturated rings. The Bertz CT molecular complexity index is 581. The third kappa shape index (κ3) is 3.31. The maximum absolute atomic E-state index is 12.4. The van der Waals surface area contributed by atoms with Gasteiger partial charge >= 0.3 is 0 Å². The highest BCUT2D eigenvalue weighted by molar-refractivity contribution is 7.89. The van der Waals surface area contributed by atoms with Gasteiger partial charge in [0, 0.05) is 24.7 Å². The Kier molecular flexibility index (Phi) is 5.57. The molecule has 0 atom stereocenters. The van der Waals surface area contributed by atoms with Gasteiger partial charge in [-0.25, -0.2) is 8.42 Å². The van der Waals surface area contributed by atoms with Crippen LogP contribution in [-0.4, -0.2) is 54.2 Å². The lowest BCUT2D eigenvalue weighted by Crippen LogP contribution is -2.36. The summed E-state index contributed by atoms with van der Waals surface area (Å²) in [6, 6.07) is 3.77. The number of rotatable bonds is 7. The Hall–Kier alpha value is -1.55. The Labute approximate surface area is 116 Å². The smallest absolute Gasteiger partial charge is 0.273 e. The SMILES string of the molecule is Cc1c([N+](=O)[O-])cccc1S(=O)(=O)N(CCO)CCO. The lowest BCUT2D eigenvalue weighted by molar-refractivity contribution is -0.385. The van der Waals surface area contributed by atoms with Crippen molar-refractivity contribution in [2.45, 2.75) is 11.8 Å². The third-order valence-electron chi connectivity index (χ3n) is 2.77. The van der Waals surface area contributed by atoms with Gasteiger partial charge in [-0.3, -0.25) is 10.1 Å². The van der Waals surface area contributed by atoms with Crippen molar-refractivity contribution in [2.24, 2.45) is 0 Å². The number of hydrogen-bond donors (Lipinski definition) is 2. The summed E-state index contributed by atoms with van der Waals surface area (Å²) in [4.78, 5) is 9.98. The fourth-order valence-electron chi connectivity index (χ4n) is 1.79. The van der Waals surface area contributed by atoms with Crippen LogP contribution < -0.4 is 0 Å². The molecule has 0 radical (unpaired) electrons. The predicted molar refractivity (Wildman–Crippen MR) is 70.8 cm³/mol. The molecule has 0 aliphatic rings. The molecule has 0 aliphatic carbocycles. The van der Waals surface area contributed by atoms with Crippen molar-refractivity contribution in [2.75, 3.05) is 26.3 Å². The summed E-state index contributed by atoms with van der Waals surface area (Å²) in [7, 11) is -4.00. The zero-order chi connectivity index (χ0) is 15.3. The van der Waals surface area contributed by atoms with Crippen LogP contribution in [0.3, 0.4) is 0 Å². The number of aliphatic hydroxyl groups excluding tert-OH is 2. The number of hydrogen-bond acceptors (Lipinski definition) is 6. The van der Waals surface area contributed by atoms with E-state index in [0.717, 1.165) is 4.31 Å². The Morgan fingerprint density at radius 1 is 1.25 bits per heavy atom. The molecule has 0 heterocycles. The van der Waals surface area contributed by atoms with Crippen molar-refractivity contribution in [3.8, 4) is 0 Å². The standard InChI is InChI=1S/C11H16N2O6S/c1-9-10(13(16)17)3-2-4-11(9)20(18,19)12(5-7-14)6-8-15/h2-4,14-15H,5-8H2,1H3. The zero-order valence-corrected chi connectivity index (χ0v) is 11.7. The van der Waals surface area contributed by atoms with Crippen LogP contribution in [0.15, 0.2) is 23.1 Å². The van der Waals surface area contributed by atoms with Gasteiger partial charge in [0.05, 0.1) is 23.0 Å². The van der Waals surface area contributed by atoms with Crippen molar-refractivity contribution in [1.29, 1.82) is 0 Å². The van der Waals surface area contributed by atoms with Gasteiger partial charge < -0.3 is 10.2 Å². The van der Waals surface area contributed by atoms with Crippen LogP contribution in [0.2, 0.25) is 0 Å². The minimum absolute atomic E-state index is 0.0263. The molecule has 0 spiro atoms. The Morgan fingerprint density at radius 2 is 1.80 bits per heavy atom. The van der Waals surface area contributed by atoms with Crippen molar-refractivity contribution in [1.82, 2.24) is 4.31 Å². The molecule has 0 bridgehead atoms. The Balaban J connectivity index is 3.34. The number of benzene rings is 1. The van der Waals surface area contributed by atoms with Gasteiger partial charge in [-0.15, -0.1) is 0 Å². The lowest BCUT2D eigenvalue weighted by Gasteiger charge is -2.21. The summed E-state index contributed by atoms with van der Waals surface area (Å²) in [5, 5.41) is 28.6. The van der Waals surface area contributed by atoms with E-state index in [2.05, 4.69) is 0 Å². The lowest BCUT2D eigenvalue weighted by atomic mass is 10.2. The molecule has 8 nitrogen and oxygen atoms in total. The molecule has 112 valence electrons. The average Bonchev–Trinajstić information content (AvgIpc) is 2.38. The van der Waals surface area contributed by atoms with E-state index in [1.54, 1.807) is 0 Å². The van der Waals surface area contributed by atoms with E-state index >= 15 is 0 Å². The first-order valence-corrected chi connectivity index (χ1v) is 7.26. The van der Waals surface area contributed by atoms with Crippen LogP contribution in [-0.2, 0) is 10.0 Å². The van der Waals surface area contributed by atoms with E-state index in [4.69, 9.17) is 10.2 Å². The predicted octanol–water partition coefficient (Wildman–Crippen LogP) is -0.121. The quantitative estimate of drug-likeness (QED) is 0.535. The molecular weight excluding hydrogens is 288 g/mol. The maximum atomic E-state index is 12.4. The molecule has 1 aromatic rings. The summed E-state index contributed by atoms with van der Waals surface area (Å²) in [5.41, 5.74) is -0.266. The van der Waals surface area contributed by atoms with Crippen molar-refractivity contribution in [3.05, 3.63) is 33.9 Å². The highest BCUT2D eigenvalue weighted by Gasteiger charge is 2.28. The molecule has 0 aromatic heterocycles. The van der Waals surface area contributed by atoms with Crippen LogP contribution in [0.25, 0.3) is 0 Å². The first-order valence-electron chi connectivity index (χ1n) is 5.82. The van der Waals surface area contributed by atoms with E-state index < -0.39 is 28.2 Å². The van der Waals surface area contributed by atoms with Gasteiger partial charge in [0.25, 0.3) is 5.69 Å². The fourth-order valence-corrected chi connectivity index (χ4v) is 3.46. The maximum Gasteiger partial charge on any atom is 0.273 e. The van der Waals surface area contributed by atoms with Gasteiger partial charge in [0.2, 0.25) is 10.0 Å². The van der Waals surface area contributed by atoms with Crippen molar-refractivity contribution in [3.63, 3.8) is 0 Å². The monoisotopic (exact) mass is 304 g/mol.